The van der Waals surface area contributed by atoms with Crippen LogP contribution in [-0.2, 0) is 16.6 Å². The van der Waals surface area contributed by atoms with Gasteiger partial charge < -0.3 is 0 Å². The van der Waals surface area contributed by atoms with Crippen molar-refractivity contribution in [3.05, 3.63) is 124 Å². The molecule has 0 unspecified atom stereocenters. The number of hydrogen-bond donors (Lipinski definition) is 0. The molecule has 0 spiro atoms. The van der Waals surface area contributed by atoms with Gasteiger partial charge in [0, 0.05) is 23.6 Å². The lowest BCUT2D eigenvalue weighted by Crippen LogP contribution is -2.27. The van der Waals surface area contributed by atoms with Crippen molar-refractivity contribution in [1.29, 1.82) is 0 Å². The maximum Gasteiger partial charge on any atom is 0.280 e. The number of sulfonamides is 1. The number of nitrogens with zero attached hydrogens (tertiary/aromatic N) is 4. The average Bonchev–Trinajstić information content (AvgIpc) is 3.37. The van der Waals surface area contributed by atoms with Gasteiger partial charge in [0.2, 0.25) is 15.2 Å². The van der Waals surface area contributed by atoms with Crippen molar-refractivity contribution < 1.29 is 17.6 Å². The number of halogens is 2. The highest BCUT2D eigenvalue weighted by Gasteiger charge is 2.24. The fourth-order valence-electron chi connectivity index (χ4n) is 3.84. The highest BCUT2D eigenvalue weighted by Crippen LogP contribution is 2.32. The third-order valence-corrected chi connectivity index (χ3v) is 9.27. The van der Waals surface area contributed by atoms with Crippen molar-refractivity contribution in [1.82, 2.24) is 9.29 Å². The van der Waals surface area contributed by atoms with Crippen LogP contribution in [0.3, 0.4) is 0 Å². The summed E-state index contributed by atoms with van der Waals surface area (Å²) in [5.41, 5.74) is 2.37. The molecule has 0 radical (unpaired) electrons. The molecule has 0 saturated heterocycles. The van der Waals surface area contributed by atoms with Crippen LogP contribution in [0.5, 0.6) is 0 Å². The molecule has 0 aliphatic heterocycles. The number of carbonyl (C=O) groups is 1. The number of rotatable bonds is 8. The van der Waals surface area contributed by atoms with Crippen LogP contribution in [0.1, 0.15) is 21.5 Å². The van der Waals surface area contributed by atoms with E-state index >= 15 is 0 Å². The molecule has 0 aliphatic carbocycles. The molecule has 40 heavy (non-hydrogen) atoms. The van der Waals surface area contributed by atoms with Crippen LogP contribution in [-0.4, -0.2) is 36.9 Å². The molecule has 11 heteroatoms. The predicted octanol–water partition coefficient (Wildman–Crippen LogP) is 6.70. The quantitative estimate of drug-likeness (QED) is 0.140. The fourth-order valence-corrected chi connectivity index (χ4v) is 6.47. The van der Waals surface area contributed by atoms with Crippen LogP contribution in [0.4, 0.5) is 9.52 Å². The molecule has 4 aromatic carbocycles. The Hall–Kier alpha value is -3.77. The molecule has 0 saturated carbocycles. The van der Waals surface area contributed by atoms with Gasteiger partial charge in [-0.2, -0.15) is 14.4 Å². The molecule has 0 bridgehead atoms. The molecule has 1 amide bonds. The number of amides is 1. The fraction of sp³-hybridized carbons (Fsp3) is 0.0690. The van der Waals surface area contributed by atoms with E-state index in [1.165, 1.54) is 65.3 Å². The molecule has 1 aromatic heterocycles. The Kier molecular flexibility index (Phi) is 8.17. The number of thiazole rings is 1. The number of anilines is 1. The van der Waals surface area contributed by atoms with Crippen LogP contribution in [0.15, 0.2) is 112 Å². The Morgan fingerprint density at radius 3 is 2.40 bits per heavy atom. The molecule has 1 heterocycles. The van der Waals surface area contributed by atoms with Crippen molar-refractivity contribution in [3.8, 4) is 0 Å². The molecule has 0 N–H and O–H groups in total. The van der Waals surface area contributed by atoms with E-state index in [0.717, 1.165) is 19.7 Å². The van der Waals surface area contributed by atoms with E-state index < -0.39 is 15.9 Å². The first kappa shape index (κ1) is 27.8. The standard InChI is InChI=1S/C29H22BrFN4O3S2/c1-34(19-21-5-3-2-4-6-21)40(37,38)25-14-9-22(10-15-25)28(36)35(32-18-20-7-12-24(31)13-8-20)29-33-26-16-11-23(30)17-27(26)39-29/h2-18H,19H2,1H3/b32-18+. The Bertz CT molecular complexity index is 1790. The number of hydrogen-bond acceptors (Lipinski definition) is 6. The van der Waals surface area contributed by atoms with E-state index in [1.54, 1.807) is 12.1 Å². The monoisotopic (exact) mass is 636 g/mol. The minimum atomic E-state index is -3.79. The summed E-state index contributed by atoms with van der Waals surface area (Å²) < 4.78 is 42.6. The van der Waals surface area contributed by atoms with Crippen LogP contribution in [0, 0.1) is 5.82 Å². The lowest BCUT2D eigenvalue weighted by molar-refractivity contribution is 0.0987. The molecule has 5 rings (SSSR count). The van der Waals surface area contributed by atoms with E-state index in [1.807, 2.05) is 48.5 Å². The summed E-state index contributed by atoms with van der Waals surface area (Å²) in [7, 11) is -2.28. The number of fused-ring (bicyclic) bond motifs is 1. The zero-order valence-electron chi connectivity index (χ0n) is 21.1. The molecule has 0 atom stereocenters. The minimum absolute atomic E-state index is 0.0636. The van der Waals surface area contributed by atoms with Gasteiger partial charge in [0.25, 0.3) is 5.91 Å². The predicted molar refractivity (Wildman–Crippen MR) is 160 cm³/mol. The molecule has 0 fully saturated rings. The van der Waals surface area contributed by atoms with E-state index in [0.29, 0.717) is 16.2 Å². The van der Waals surface area contributed by atoms with E-state index in [-0.39, 0.29) is 22.8 Å². The van der Waals surface area contributed by atoms with E-state index in [4.69, 9.17) is 0 Å². The zero-order valence-corrected chi connectivity index (χ0v) is 24.3. The Morgan fingerprint density at radius 2 is 1.70 bits per heavy atom. The summed E-state index contributed by atoms with van der Waals surface area (Å²) in [4.78, 5) is 18.3. The maximum atomic E-state index is 13.7. The Balaban J connectivity index is 1.44. The molecule has 202 valence electrons. The number of carbonyl (C=O) groups excluding carboxylic acids is 1. The normalized spacial score (nSPS) is 11.9. The molecular weight excluding hydrogens is 615 g/mol. The zero-order chi connectivity index (χ0) is 28.3. The van der Waals surface area contributed by atoms with Crippen LogP contribution >= 0.6 is 27.3 Å². The van der Waals surface area contributed by atoms with Gasteiger partial charge in [0.1, 0.15) is 5.82 Å². The summed E-state index contributed by atoms with van der Waals surface area (Å²) in [5.74, 6) is -0.885. The van der Waals surface area contributed by atoms with Crippen LogP contribution < -0.4 is 5.01 Å². The Labute approximate surface area is 243 Å². The smallest absolute Gasteiger partial charge is 0.267 e. The van der Waals surface area contributed by atoms with Crippen molar-refractivity contribution in [2.75, 3.05) is 12.1 Å². The summed E-state index contributed by atoms with van der Waals surface area (Å²) in [6.07, 6.45) is 1.44. The summed E-state index contributed by atoms with van der Waals surface area (Å²) in [5, 5.41) is 5.87. The van der Waals surface area contributed by atoms with Crippen LogP contribution in [0.2, 0.25) is 0 Å². The summed E-state index contributed by atoms with van der Waals surface area (Å²) in [6, 6.07) is 26.3. The molecular formula is C29H22BrFN4O3S2. The van der Waals surface area contributed by atoms with Gasteiger partial charge in [-0.25, -0.2) is 17.8 Å². The number of benzene rings is 4. The minimum Gasteiger partial charge on any atom is -0.267 e. The van der Waals surface area contributed by atoms with Crippen molar-refractivity contribution in [2.24, 2.45) is 5.10 Å². The van der Waals surface area contributed by atoms with Gasteiger partial charge in [-0.15, -0.1) is 0 Å². The highest BCUT2D eigenvalue weighted by molar-refractivity contribution is 9.10. The third-order valence-electron chi connectivity index (χ3n) is 5.96. The number of aromatic nitrogens is 1. The lowest BCUT2D eigenvalue weighted by atomic mass is 10.2. The Morgan fingerprint density at radius 1 is 1.00 bits per heavy atom. The van der Waals surface area contributed by atoms with Gasteiger partial charge in [-0.3, -0.25) is 4.79 Å². The molecule has 0 aliphatic rings. The largest absolute Gasteiger partial charge is 0.280 e. The van der Waals surface area contributed by atoms with Crippen molar-refractivity contribution >= 4 is 64.8 Å². The highest BCUT2D eigenvalue weighted by atomic mass is 79.9. The van der Waals surface area contributed by atoms with Gasteiger partial charge in [0.15, 0.2) is 0 Å². The van der Waals surface area contributed by atoms with Crippen molar-refractivity contribution in [2.45, 2.75) is 11.4 Å². The van der Waals surface area contributed by atoms with Crippen LogP contribution in [0.25, 0.3) is 10.2 Å². The second-order valence-corrected chi connectivity index (χ2v) is 12.8. The maximum absolute atomic E-state index is 13.7. The first-order valence-corrected chi connectivity index (χ1v) is 15.1. The van der Waals surface area contributed by atoms with Gasteiger partial charge in [-0.1, -0.05) is 69.7 Å². The van der Waals surface area contributed by atoms with Gasteiger partial charge >= 0.3 is 0 Å². The van der Waals surface area contributed by atoms with E-state index in [2.05, 4.69) is 26.0 Å². The van der Waals surface area contributed by atoms with Gasteiger partial charge in [0.05, 0.1) is 21.3 Å². The average molecular weight is 638 g/mol. The first-order valence-electron chi connectivity index (χ1n) is 12.0. The molecule has 7 nitrogen and oxygen atoms in total. The van der Waals surface area contributed by atoms with Crippen molar-refractivity contribution in [3.63, 3.8) is 0 Å². The second kappa shape index (κ2) is 11.8. The van der Waals surface area contributed by atoms with E-state index in [9.17, 15) is 17.6 Å². The SMILES string of the molecule is CN(Cc1ccccc1)S(=O)(=O)c1ccc(C(=O)N(/N=C/c2ccc(F)cc2)c2nc3ccc(Br)cc3s2)cc1. The third kappa shape index (κ3) is 6.18. The topological polar surface area (TPSA) is 82.9 Å². The summed E-state index contributed by atoms with van der Waals surface area (Å²) in [6.45, 7) is 0.212. The summed E-state index contributed by atoms with van der Waals surface area (Å²) >= 11 is 4.73. The van der Waals surface area contributed by atoms with Gasteiger partial charge in [-0.05, 0) is 65.7 Å². The first-order chi connectivity index (χ1) is 19.2. The molecule has 5 aromatic rings. The second-order valence-electron chi connectivity index (χ2n) is 8.79. The lowest BCUT2D eigenvalue weighted by Gasteiger charge is -2.18. The number of hydrazone groups is 1.